The molecule has 0 aliphatic rings. The van der Waals surface area contributed by atoms with Gasteiger partial charge < -0.3 is 16.2 Å². The Hall–Kier alpha value is -1.39. The van der Waals surface area contributed by atoms with E-state index in [0.717, 1.165) is 5.56 Å². The number of hydrogen-bond acceptors (Lipinski definition) is 3. The van der Waals surface area contributed by atoms with Crippen LogP contribution in [0.15, 0.2) is 30.3 Å². The third kappa shape index (κ3) is 4.42. The van der Waals surface area contributed by atoms with Crippen molar-refractivity contribution in [1.82, 2.24) is 5.32 Å². The fraction of sp³-hybridized carbons (Fsp3) is 0.417. The van der Waals surface area contributed by atoms with Gasteiger partial charge in [0, 0.05) is 6.54 Å². The maximum atomic E-state index is 11.5. The summed E-state index contributed by atoms with van der Waals surface area (Å²) in [5.41, 5.74) is 6.77. The van der Waals surface area contributed by atoms with Crippen molar-refractivity contribution in [2.24, 2.45) is 5.73 Å². The molecular weight excluding hydrogens is 204 g/mol. The first-order valence-electron chi connectivity index (χ1n) is 5.35. The fourth-order valence-corrected chi connectivity index (χ4v) is 1.34. The molecule has 0 bridgehead atoms. The minimum Gasteiger partial charge on any atom is -0.392 e. The van der Waals surface area contributed by atoms with Gasteiger partial charge in [-0.25, -0.2) is 0 Å². The largest absolute Gasteiger partial charge is 0.392 e. The van der Waals surface area contributed by atoms with Crippen molar-refractivity contribution in [3.63, 3.8) is 0 Å². The Morgan fingerprint density at radius 1 is 1.44 bits per heavy atom. The first-order chi connectivity index (χ1) is 7.59. The highest BCUT2D eigenvalue weighted by molar-refractivity contribution is 5.81. The Labute approximate surface area is 95.5 Å². The second-order valence-electron chi connectivity index (χ2n) is 3.89. The van der Waals surface area contributed by atoms with Crippen LogP contribution in [-0.2, 0) is 11.2 Å². The molecule has 0 fully saturated rings. The molecule has 4 nitrogen and oxygen atoms in total. The lowest BCUT2D eigenvalue weighted by molar-refractivity contribution is -0.122. The van der Waals surface area contributed by atoms with Gasteiger partial charge in [-0.2, -0.15) is 0 Å². The van der Waals surface area contributed by atoms with Gasteiger partial charge in [-0.1, -0.05) is 30.3 Å². The molecule has 1 aromatic rings. The van der Waals surface area contributed by atoms with Crippen molar-refractivity contribution in [1.29, 1.82) is 0 Å². The Balaban J connectivity index is 2.40. The molecule has 0 radical (unpaired) electrons. The molecule has 0 aliphatic carbocycles. The highest BCUT2D eigenvalue weighted by Gasteiger charge is 2.13. The highest BCUT2D eigenvalue weighted by Crippen LogP contribution is 2.01. The number of hydrogen-bond donors (Lipinski definition) is 3. The minimum absolute atomic E-state index is 0.232. The number of rotatable bonds is 5. The van der Waals surface area contributed by atoms with E-state index in [1.165, 1.54) is 0 Å². The van der Waals surface area contributed by atoms with E-state index >= 15 is 0 Å². The van der Waals surface area contributed by atoms with Crippen molar-refractivity contribution >= 4 is 5.91 Å². The third-order valence-electron chi connectivity index (χ3n) is 2.21. The van der Waals surface area contributed by atoms with Gasteiger partial charge in [0.15, 0.2) is 0 Å². The van der Waals surface area contributed by atoms with E-state index in [0.29, 0.717) is 6.42 Å². The van der Waals surface area contributed by atoms with Gasteiger partial charge in [-0.15, -0.1) is 0 Å². The third-order valence-corrected chi connectivity index (χ3v) is 2.21. The van der Waals surface area contributed by atoms with Gasteiger partial charge >= 0.3 is 0 Å². The SMILES string of the molecule is CC(O)CNC(=O)[C@H](N)Cc1ccccc1. The summed E-state index contributed by atoms with van der Waals surface area (Å²) in [4.78, 5) is 11.5. The molecule has 2 atom stereocenters. The molecule has 4 N–H and O–H groups in total. The van der Waals surface area contributed by atoms with Crippen LogP contribution in [0.3, 0.4) is 0 Å². The van der Waals surface area contributed by atoms with E-state index < -0.39 is 12.1 Å². The van der Waals surface area contributed by atoms with E-state index in [9.17, 15) is 4.79 Å². The van der Waals surface area contributed by atoms with Crippen molar-refractivity contribution in [3.05, 3.63) is 35.9 Å². The maximum absolute atomic E-state index is 11.5. The normalized spacial score (nSPS) is 14.2. The lowest BCUT2D eigenvalue weighted by Crippen LogP contribution is -2.44. The Morgan fingerprint density at radius 3 is 2.62 bits per heavy atom. The number of amides is 1. The van der Waals surface area contributed by atoms with Gasteiger partial charge in [-0.3, -0.25) is 4.79 Å². The summed E-state index contributed by atoms with van der Waals surface area (Å²) in [5, 5.41) is 11.6. The van der Waals surface area contributed by atoms with Crippen LogP contribution in [-0.4, -0.2) is 29.7 Å². The molecule has 1 amide bonds. The van der Waals surface area contributed by atoms with Gasteiger partial charge in [0.05, 0.1) is 12.1 Å². The van der Waals surface area contributed by atoms with Gasteiger partial charge in [0.25, 0.3) is 0 Å². The summed E-state index contributed by atoms with van der Waals surface area (Å²) < 4.78 is 0. The molecule has 1 unspecified atom stereocenters. The predicted octanol–water partition coefficient (Wildman–Crippen LogP) is 0.0534. The average molecular weight is 222 g/mol. The number of aliphatic hydroxyl groups is 1. The van der Waals surface area contributed by atoms with Crippen molar-refractivity contribution in [3.8, 4) is 0 Å². The van der Waals surface area contributed by atoms with E-state index in [-0.39, 0.29) is 12.5 Å². The Bertz CT molecular complexity index is 325. The van der Waals surface area contributed by atoms with Gasteiger partial charge in [0.2, 0.25) is 5.91 Å². The van der Waals surface area contributed by atoms with Crippen molar-refractivity contribution < 1.29 is 9.90 Å². The first kappa shape index (κ1) is 12.7. The Morgan fingerprint density at radius 2 is 2.06 bits per heavy atom. The monoisotopic (exact) mass is 222 g/mol. The van der Waals surface area contributed by atoms with E-state index in [2.05, 4.69) is 5.32 Å². The molecule has 16 heavy (non-hydrogen) atoms. The fourth-order valence-electron chi connectivity index (χ4n) is 1.34. The molecule has 0 heterocycles. The zero-order valence-electron chi connectivity index (χ0n) is 9.39. The summed E-state index contributed by atoms with van der Waals surface area (Å²) >= 11 is 0. The molecule has 1 rings (SSSR count). The molecule has 88 valence electrons. The molecule has 0 aliphatic heterocycles. The lowest BCUT2D eigenvalue weighted by Gasteiger charge is -2.13. The minimum atomic E-state index is -0.568. The van der Waals surface area contributed by atoms with E-state index in [1.807, 2.05) is 30.3 Å². The number of benzene rings is 1. The smallest absolute Gasteiger partial charge is 0.237 e. The van der Waals surface area contributed by atoms with E-state index in [4.69, 9.17) is 10.8 Å². The molecular formula is C12H18N2O2. The molecule has 1 aromatic carbocycles. The molecule has 0 saturated carbocycles. The van der Waals surface area contributed by atoms with Crippen LogP contribution in [0.2, 0.25) is 0 Å². The van der Waals surface area contributed by atoms with Crippen LogP contribution in [0, 0.1) is 0 Å². The summed E-state index contributed by atoms with van der Waals surface area (Å²) in [6.45, 7) is 1.85. The number of carbonyl (C=O) groups is 1. The van der Waals surface area contributed by atoms with Crippen LogP contribution < -0.4 is 11.1 Å². The standard InChI is InChI=1S/C12H18N2O2/c1-9(15)8-14-12(16)11(13)7-10-5-3-2-4-6-10/h2-6,9,11,15H,7-8,13H2,1H3,(H,14,16)/t9?,11-/m1/s1. The molecule has 0 spiro atoms. The summed E-state index contributed by atoms with van der Waals surface area (Å²) in [6.07, 6.45) is -0.0418. The lowest BCUT2D eigenvalue weighted by atomic mass is 10.1. The van der Waals surface area contributed by atoms with Gasteiger partial charge in [-0.05, 0) is 18.9 Å². The maximum Gasteiger partial charge on any atom is 0.237 e. The second kappa shape index (κ2) is 6.25. The zero-order chi connectivity index (χ0) is 12.0. The van der Waals surface area contributed by atoms with Gasteiger partial charge in [0.1, 0.15) is 0 Å². The molecule has 0 saturated heterocycles. The summed E-state index contributed by atoms with van der Waals surface area (Å²) in [5.74, 6) is -0.232. The number of nitrogens with one attached hydrogen (secondary N) is 1. The average Bonchev–Trinajstić information content (AvgIpc) is 2.27. The summed E-state index contributed by atoms with van der Waals surface area (Å²) in [6, 6.07) is 9.04. The van der Waals surface area contributed by atoms with Crippen LogP contribution in [0.1, 0.15) is 12.5 Å². The predicted molar refractivity (Wildman–Crippen MR) is 62.8 cm³/mol. The number of aliphatic hydroxyl groups excluding tert-OH is 1. The summed E-state index contributed by atoms with van der Waals surface area (Å²) in [7, 11) is 0. The van der Waals surface area contributed by atoms with Crippen LogP contribution in [0.5, 0.6) is 0 Å². The van der Waals surface area contributed by atoms with Crippen molar-refractivity contribution in [2.45, 2.75) is 25.5 Å². The Kier molecular flexibility index (Phi) is 4.95. The van der Waals surface area contributed by atoms with E-state index in [1.54, 1.807) is 6.92 Å². The molecule has 4 heteroatoms. The van der Waals surface area contributed by atoms with Crippen molar-refractivity contribution in [2.75, 3.05) is 6.54 Å². The zero-order valence-corrected chi connectivity index (χ0v) is 9.39. The molecule has 0 aromatic heterocycles. The van der Waals surface area contributed by atoms with Crippen LogP contribution >= 0.6 is 0 Å². The quantitative estimate of drug-likeness (QED) is 0.659. The van der Waals surface area contributed by atoms with Crippen LogP contribution in [0.25, 0.3) is 0 Å². The highest BCUT2D eigenvalue weighted by atomic mass is 16.3. The first-order valence-corrected chi connectivity index (χ1v) is 5.35. The van der Waals surface area contributed by atoms with Crippen LogP contribution in [0.4, 0.5) is 0 Å². The topological polar surface area (TPSA) is 75.3 Å². The number of carbonyl (C=O) groups excluding carboxylic acids is 1. The second-order valence-corrected chi connectivity index (χ2v) is 3.89. The number of nitrogens with two attached hydrogens (primary N) is 1.